The molecule has 8 heterocycles. The van der Waals surface area contributed by atoms with Gasteiger partial charge in [-0.3, -0.25) is 34.5 Å². The zero-order chi connectivity index (χ0) is 48.7. The van der Waals surface area contributed by atoms with Crippen molar-refractivity contribution in [2.24, 2.45) is 5.92 Å². The van der Waals surface area contributed by atoms with Crippen molar-refractivity contribution in [3.05, 3.63) is 94.6 Å². The van der Waals surface area contributed by atoms with Gasteiger partial charge in [0, 0.05) is 35.6 Å². The normalized spacial score (nSPS) is 11.3. The number of nitrogens with two attached hydrogens (primary N) is 2. The van der Waals surface area contributed by atoms with Crippen LogP contribution in [0.1, 0.15) is 104 Å². The van der Waals surface area contributed by atoms with Crippen molar-refractivity contribution < 1.29 is 9.59 Å². The largest absolute Gasteiger partial charge is 0.382 e. The Morgan fingerprint density at radius 2 is 1.00 bits per heavy atom. The van der Waals surface area contributed by atoms with E-state index in [1.165, 1.54) is 12.7 Å². The van der Waals surface area contributed by atoms with Crippen molar-refractivity contribution >= 4 is 80.0 Å². The molecule has 8 aromatic heterocycles. The van der Waals surface area contributed by atoms with Crippen molar-refractivity contribution in [1.29, 1.82) is 0 Å². The first kappa shape index (κ1) is 48.0. The number of nitrogens with zero attached hydrogens (tertiary/aromatic N) is 14. The monoisotopic (exact) mass is 914 g/mol. The standard InChI is InChI=1S/C15H15N5O.C12H17N5O2.C8H11N5O.C8H11N5/c1-10(2)20-9-18-12-13(16-8-17-14(12)20)19-15(21)11-6-4-3-5-7-11;1-6(2)10(18)15-12-14-9-8(11(19)16-12)13-5-17(9)7(3)4;1-4(2)13-3-10-5-6(13)11-8(9)12-7(5)14;1-5(2)13-4-12-6-7(9)10-3-11-8(6)13/h3-10H,1-2H3,(H,16,17,19,21);5-7H,1-4H3,(H2,14,15,16,18,19);3-4H,1-2H3,(H3,9,11,12,14);3-5H,1-2H3,(H2,9,10,11). The predicted octanol–water partition coefficient (Wildman–Crippen LogP) is 5.23. The fourth-order valence-electron chi connectivity index (χ4n) is 6.28. The summed E-state index contributed by atoms with van der Waals surface area (Å²) in [6, 6.07) is 9.91. The predicted molar refractivity (Wildman–Crippen MR) is 255 cm³/mol. The fraction of sp³-hybridized carbons (Fsp3) is 0.349. The maximum Gasteiger partial charge on any atom is 0.280 e. The third-order valence-electron chi connectivity index (χ3n) is 9.89. The maximum absolute atomic E-state index is 12.2. The summed E-state index contributed by atoms with van der Waals surface area (Å²) in [6.07, 6.45) is 9.51. The number of hydrogen-bond acceptors (Lipinski definition) is 16. The second kappa shape index (κ2) is 20.6. The lowest BCUT2D eigenvalue weighted by Crippen LogP contribution is -2.22. The van der Waals surface area contributed by atoms with Crippen LogP contribution in [0.4, 0.5) is 23.5 Å². The van der Waals surface area contributed by atoms with Gasteiger partial charge in [-0.05, 0) is 67.5 Å². The van der Waals surface area contributed by atoms with Crippen LogP contribution in [0.2, 0.25) is 0 Å². The Morgan fingerprint density at radius 3 is 1.54 bits per heavy atom. The number of aromatic nitrogens is 16. The summed E-state index contributed by atoms with van der Waals surface area (Å²) in [5.74, 6) is 0.532. The minimum atomic E-state index is -0.358. The number of carbonyl (C=O) groups is 2. The summed E-state index contributed by atoms with van der Waals surface area (Å²) in [4.78, 5) is 93.1. The highest BCUT2D eigenvalue weighted by Gasteiger charge is 2.17. The smallest absolute Gasteiger partial charge is 0.280 e. The fourth-order valence-corrected chi connectivity index (χ4v) is 6.28. The third-order valence-corrected chi connectivity index (χ3v) is 9.89. The number of carbonyl (C=O) groups excluding carboxylic acids is 2. The van der Waals surface area contributed by atoms with Gasteiger partial charge in [0.2, 0.25) is 17.8 Å². The van der Waals surface area contributed by atoms with Gasteiger partial charge >= 0.3 is 0 Å². The van der Waals surface area contributed by atoms with Crippen molar-refractivity contribution in [3.63, 3.8) is 0 Å². The number of H-pyrrole nitrogens is 2. The number of aromatic amines is 2. The molecule has 0 spiro atoms. The number of amides is 2. The number of benzene rings is 1. The molecule has 0 fully saturated rings. The molecule has 0 atom stereocenters. The summed E-state index contributed by atoms with van der Waals surface area (Å²) >= 11 is 0. The van der Waals surface area contributed by atoms with Crippen LogP contribution in [0.5, 0.6) is 0 Å². The molecule has 0 aliphatic carbocycles. The highest BCUT2D eigenvalue weighted by atomic mass is 16.2. The molecule has 0 aliphatic heterocycles. The molecule has 9 rings (SSSR count). The first-order valence-electron chi connectivity index (χ1n) is 21.3. The van der Waals surface area contributed by atoms with E-state index in [1.807, 2.05) is 68.9 Å². The van der Waals surface area contributed by atoms with Crippen LogP contribution < -0.4 is 33.2 Å². The Labute approximate surface area is 382 Å². The second-order valence-corrected chi connectivity index (χ2v) is 16.5. The van der Waals surface area contributed by atoms with Crippen LogP contribution in [0.25, 0.3) is 44.7 Å². The van der Waals surface area contributed by atoms with E-state index in [4.69, 9.17) is 11.5 Å². The third kappa shape index (κ3) is 10.9. The Balaban J connectivity index is 0.000000150. The highest BCUT2D eigenvalue weighted by Crippen LogP contribution is 2.22. The molecule has 0 unspecified atom stereocenters. The summed E-state index contributed by atoms with van der Waals surface area (Å²) in [5.41, 5.74) is 15.4. The number of fused-ring (bicyclic) bond motifs is 4. The average Bonchev–Trinajstić information content (AvgIpc) is 4.10. The number of rotatable bonds is 8. The summed E-state index contributed by atoms with van der Waals surface area (Å²) in [5, 5.41) is 5.37. The van der Waals surface area contributed by atoms with E-state index in [0.717, 1.165) is 5.65 Å². The number of imidazole rings is 4. The minimum absolute atomic E-state index is 0.116. The van der Waals surface area contributed by atoms with Gasteiger partial charge in [-0.15, -0.1) is 0 Å². The van der Waals surface area contributed by atoms with Gasteiger partial charge in [0.1, 0.15) is 18.2 Å². The van der Waals surface area contributed by atoms with Crippen molar-refractivity contribution in [2.45, 2.75) is 93.4 Å². The molecular weight excluding hydrogens is 861 g/mol. The molecule has 0 saturated heterocycles. The zero-order valence-corrected chi connectivity index (χ0v) is 38.8. The average molecular weight is 915 g/mol. The first-order valence-corrected chi connectivity index (χ1v) is 21.3. The van der Waals surface area contributed by atoms with Crippen LogP contribution >= 0.6 is 0 Å². The highest BCUT2D eigenvalue weighted by molar-refractivity contribution is 6.06. The van der Waals surface area contributed by atoms with E-state index in [2.05, 4.69) is 84.3 Å². The Morgan fingerprint density at radius 1 is 0.537 bits per heavy atom. The molecular formula is C43H54N20O4. The second-order valence-electron chi connectivity index (χ2n) is 16.5. The summed E-state index contributed by atoms with van der Waals surface area (Å²) < 4.78 is 7.50. The quantitative estimate of drug-likeness (QED) is 0.114. The minimum Gasteiger partial charge on any atom is -0.382 e. The van der Waals surface area contributed by atoms with Gasteiger partial charge in [-0.1, -0.05) is 32.0 Å². The molecule has 2 amide bonds. The lowest BCUT2D eigenvalue weighted by Gasteiger charge is -2.09. The zero-order valence-electron chi connectivity index (χ0n) is 38.8. The van der Waals surface area contributed by atoms with Gasteiger partial charge in [0.25, 0.3) is 17.0 Å². The number of nitrogen functional groups attached to an aromatic ring is 2. The SMILES string of the molecule is CC(C)C(=O)Nc1nc2c(ncn2C(C)C)c(=O)[nH]1.CC(C)n1cnc2c(=O)[nH]c(N)nc21.CC(C)n1cnc2c(N)ncnc21.CC(C)n1cnc2c(NC(=O)c3ccccc3)ncnc21. The molecule has 1 aromatic carbocycles. The molecule has 9 aromatic rings. The van der Waals surface area contributed by atoms with Gasteiger partial charge in [0.05, 0.1) is 25.3 Å². The van der Waals surface area contributed by atoms with E-state index in [0.29, 0.717) is 56.7 Å². The molecule has 0 aliphatic rings. The molecule has 24 heteroatoms. The molecule has 0 radical (unpaired) electrons. The van der Waals surface area contributed by atoms with Crippen LogP contribution in [-0.4, -0.2) is 89.9 Å². The number of hydrogen-bond donors (Lipinski definition) is 6. The van der Waals surface area contributed by atoms with Crippen LogP contribution in [0.15, 0.2) is 77.9 Å². The summed E-state index contributed by atoms with van der Waals surface area (Å²) in [6.45, 7) is 19.7. The Bertz CT molecular complexity index is 3270. The van der Waals surface area contributed by atoms with E-state index in [1.54, 1.807) is 60.4 Å². The Hall–Kier alpha value is -8.44. The van der Waals surface area contributed by atoms with Crippen LogP contribution in [-0.2, 0) is 4.79 Å². The molecule has 67 heavy (non-hydrogen) atoms. The van der Waals surface area contributed by atoms with Crippen molar-refractivity contribution in [1.82, 2.24) is 78.1 Å². The van der Waals surface area contributed by atoms with Gasteiger partial charge in [-0.25, -0.2) is 39.9 Å². The molecule has 0 saturated carbocycles. The molecule has 8 N–H and O–H groups in total. The maximum atomic E-state index is 12.2. The van der Waals surface area contributed by atoms with Gasteiger partial charge < -0.3 is 35.1 Å². The lowest BCUT2D eigenvalue weighted by atomic mass is 10.2. The topological polar surface area (TPSA) is 325 Å². The van der Waals surface area contributed by atoms with E-state index < -0.39 is 0 Å². The van der Waals surface area contributed by atoms with E-state index >= 15 is 0 Å². The van der Waals surface area contributed by atoms with Gasteiger partial charge in [0.15, 0.2) is 50.8 Å². The Kier molecular flexibility index (Phi) is 14.8. The molecule has 24 nitrogen and oxygen atoms in total. The van der Waals surface area contributed by atoms with Crippen LogP contribution in [0, 0.1) is 5.92 Å². The summed E-state index contributed by atoms with van der Waals surface area (Å²) in [7, 11) is 0. The lowest BCUT2D eigenvalue weighted by molar-refractivity contribution is -0.118. The molecule has 350 valence electrons. The first-order chi connectivity index (χ1) is 31.9. The number of nitrogens with one attached hydrogen (secondary N) is 4. The van der Waals surface area contributed by atoms with Crippen molar-refractivity contribution in [2.75, 3.05) is 22.1 Å². The van der Waals surface area contributed by atoms with E-state index in [9.17, 15) is 19.2 Å². The van der Waals surface area contributed by atoms with Crippen LogP contribution in [0.3, 0.4) is 0 Å². The number of anilines is 4. The molecule has 0 bridgehead atoms. The van der Waals surface area contributed by atoms with Gasteiger partial charge in [-0.2, -0.15) is 9.97 Å². The van der Waals surface area contributed by atoms with E-state index in [-0.39, 0.29) is 64.4 Å². The van der Waals surface area contributed by atoms with Crippen molar-refractivity contribution in [3.8, 4) is 0 Å².